The van der Waals surface area contributed by atoms with E-state index in [4.69, 9.17) is 0 Å². The molecule has 2 heterocycles. The van der Waals surface area contributed by atoms with Gasteiger partial charge in [0.2, 0.25) is 0 Å². The van der Waals surface area contributed by atoms with Crippen LogP contribution in [-0.4, -0.2) is 38.0 Å². The van der Waals surface area contributed by atoms with Crippen molar-refractivity contribution in [2.75, 3.05) is 30.5 Å². The van der Waals surface area contributed by atoms with Gasteiger partial charge in [-0.3, -0.25) is 0 Å². The number of nitrogens with zero attached hydrogens (tertiary/aromatic N) is 2. The van der Waals surface area contributed by atoms with E-state index >= 15 is 0 Å². The summed E-state index contributed by atoms with van der Waals surface area (Å²) >= 11 is 0. The SMILES string of the molecule is CNc1nn2c(c1S(C)(=O)=O)NCCC2C(C)C. The van der Waals surface area contributed by atoms with Crippen LogP contribution in [0.5, 0.6) is 0 Å². The molecule has 7 heteroatoms. The van der Waals surface area contributed by atoms with Crippen molar-refractivity contribution in [3.05, 3.63) is 0 Å². The maximum atomic E-state index is 11.9. The Morgan fingerprint density at radius 3 is 2.67 bits per heavy atom. The summed E-state index contributed by atoms with van der Waals surface area (Å²) in [5.41, 5.74) is 0. The maximum absolute atomic E-state index is 11.9. The first-order valence-corrected chi connectivity index (χ1v) is 7.99. The standard InChI is InChI=1S/C11H20N4O2S/c1-7(2)8-5-6-13-11-9(18(4,16)17)10(12-3)14-15(8)11/h7-8,13H,5-6H2,1-4H3,(H,12,14). The minimum absolute atomic E-state index is 0.240. The van der Waals surface area contributed by atoms with Crippen LogP contribution in [0.4, 0.5) is 11.6 Å². The second-order valence-electron chi connectivity index (χ2n) is 5.02. The second kappa shape index (κ2) is 4.46. The number of sulfone groups is 1. The number of hydrogen-bond acceptors (Lipinski definition) is 5. The van der Waals surface area contributed by atoms with Crippen molar-refractivity contribution in [3.8, 4) is 0 Å². The summed E-state index contributed by atoms with van der Waals surface area (Å²) in [6, 6.07) is 0.240. The largest absolute Gasteiger partial charge is 0.371 e. The molecule has 2 N–H and O–H groups in total. The fourth-order valence-corrected chi connectivity index (χ4v) is 3.42. The Balaban J connectivity index is 2.63. The minimum Gasteiger partial charge on any atom is -0.371 e. The van der Waals surface area contributed by atoms with Crippen molar-refractivity contribution < 1.29 is 8.42 Å². The van der Waals surface area contributed by atoms with Crippen LogP contribution in [0.3, 0.4) is 0 Å². The van der Waals surface area contributed by atoms with Gasteiger partial charge in [-0.05, 0) is 12.3 Å². The van der Waals surface area contributed by atoms with Gasteiger partial charge in [-0.15, -0.1) is 0 Å². The van der Waals surface area contributed by atoms with Gasteiger partial charge in [-0.2, -0.15) is 5.10 Å². The molecule has 0 bridgehead atoms. The van der Waals surface area contributed by atoms with Crippen LogP contribution in [0.15, 0.2) is 4.90 Å². The van der Waals surface area contributed by atoms with Gasteiger partial charge in [0, 0.05) is 19.8 Å². The van der Waals surface area contributed by atoms with Gasteiger partial charge in [0.25, 0.3) is 0 Å². The molecule has 1 unspecified atom stereocenters. The van der Waals surface area contributed by atoms with E-state index in [0.717, 1.165) is 13.0 Å². The normalized spacial score (nSPS) is 19.5. The predicted molar refractivity (Wildman–Crippen MR) is 71.9 cm³/mol. The van der Waals surface area contributed by atoms with Gasteiger partial charge in [0.15, 0.2) is 20.6 Å². The van der Waals surface area contributed by atoms with Crippen LogP contribution < -0.4 is 10.6 Å². The van der Waals surface area contributed by atoms with Crippen LogP contribution in [0.25, 0.3) is 0 Å². The molecule has 1 aromatic rings. The van der Waals surface area contributed by atoms with Crippen molar-refractivity contribution in [1.82, 2.24) is 9.78 Å². The second-order valence-corrected chi connectivity index (χ2v) is 6.97. The number of anilines is 2. The highest BCUT2D eigenvalue weighted by molar-refractivity contribution is 7.91. The average Bonchev–Trinajstić information content (AvgIpc) is 2.65. The van der Waals surface area contributed by atoms with Crippen molar-refractivity contribution >= 4 is 21.5 Å². The van der Waals surface area contributed by atoms with Gasteiger partial charge < -0.3 is 10.6 Å². The zero-order valence-corrected chi connectivity index (χ0v) is 12.0. The third-order valence-electron chi connectivity index (χ3n) is 3.29. The Kier molecular flexibility index (Phi) is 3.27. The molecule has 0 aromatic carbocycles. The van der Waals surface area contributed by atoms with Gasteiger partial charge in [-0.25, -0.2) is 13.1 Å². The molecule has 18 heavy (non-hydrogen) atoms. The Morgan fingerprint density at radius 1 is 1.50 bits per heavy atom. The Hall–Kier alpha value is -1.24. The van der Waals surface area contributed by atoms with Crippen molar-refractivity contribution in [2.24, 2.45) is 5.92 Å². The summed E-state index contributed by atoms with van der Waals surface area (Å²) in [7, 11) is -1.61. The molecule has 0 amide bonds. The molecule has 0 radical (unpaired) electrons. The van der Waals surface area contributed by atoms with Crippen molar-refractivity contribution in [1.29, 1.82) is 0 Å². The van der Waals surface area contributed by atoms with Gasteiger partial charge in [0.1, 0.15) is 5.82 Å². The summed E-state index contributed by atoms with van der Waals surface area (Å²) in [4.78, 5) is 0.273. The fraction of sp³-hybridized carbons (Fsp3) is 0.727. The highest BCUT2D eigenvalue weighted by Crippen LogP contribution is 2.37. The van der Waals surface area contributed by atoms with E-state index in [9.17, 15) is 8.42 Å². The molecule has 1 atom stereocenters. The van der Waals surface area contributed by atoms with Crippen LogP contribution in [0.2, 0.25) is 0 Å². The van der Waals surface area contributed by atoms with Gasteiger partial charge in [0.05, 0.1) is 6.04 Å². The van der Waals surface area contributed by atoms with E-state index in [2.05, 4.69) is 29.6 Å². The summed E-state index contributed by atoms with van der Waals surface area (Å²) < 4.78 is 25.6. The monoisotopic (exact) mass is 272 g/mol. The molecular weight excluding hydrogens is 252 g/mol. The predicted octanol–water partition coefficient (Wildman–Crippen LogP) is 1.34. The van der Waals surface area contributed by atoms with E-state index in [-0.39, 0.29) is 10.9 Å². The molecule has 0 fully saturated rings. The average molecular weight is 272 g/mol. The number of fused-ring (bicyclic) bond motifs is 1. The molecule has 0 saturated heterocycles. The van der Waals surface area contributed by atoms with Crippen molar-refractivity contribution in [2.45, 2.75) is 31.2 Å². The molecule has 6 nitrogen and oxygen atoms in total. The fourth-order valence-electron chi connectivity index (χ4n) is 2.41. The summed E-state index contributed by atoms with van der Waals surface area (Å²) in [5.74, 6) is 1.46. The van der Waals surface area contributed by atoms with E-state index < -0.39 is 9.84 Å². The lowest BCUT2D eigenvalue weighted by Gasteiger charge is -2.28. The first kappa shape index (κ1) is 13.2. The van der Waals surface area contributed by atoms with Gasteiger partial charge in [-0.1, -0.05) is 13.8 Å². The smallest absolute Gasteiger partial charge is 0.182 e. The van der Waals surface area contributed by atoms with E-state index in [1.165, 1.54) is 6.26 Å². The van der Waals surface area contributed by atoms with E-state index in [1.807, 2.05) is 4.68 Å². The summed E-state index contributed by atoms with van der Waals surface area (Å²) in [6.45, 7) is 5.03. The number of hydrogen-bond donors (Lipinski definition) is 2. The first-order valence-electron chi connectivity index (χ1n) is 6.10. The number of nitrogens with one attached hydrogen (secondary N) is 2. The Morgan fingerprint density at radius 2 is 2.17 bits per heavy atom. The zero-order valence-electron chi connectivity index (χ0n) is 11.2. The van der Waals surface area contributed by atoms with Gasteiger partial charge >= 0.3 is 0 Å². The van der Waals surface area contributed by atoms with Crippen LogP contribution >= 0.6 is 0 Å². The molecule has 2 rings (SSSR count). The lowest BCUT2D eigenvalue weighted by atomic mass is 10.00. The molecule has 1 aliphatic rings. The summed E-state index contributed by atoms with van der Waals surface area (Å²) in [5, 5.41) is 10.4. The third-order valence-corrected chi connectivity index (χ3v) is 4.42. The van der Waals surface area contributed by atoms with Crippen LogP contribution in [0.1, 0.15) is 26.3 Å². The van der Waals surface area contributed by atoms with E-state index in [0.29, 0.717) is 17.6 Å². The molecule has 102 valence electrons. The first-order chi connectivity index (χ1) is 8.36. The van der Waals surface area contributed by atoms with Crippen molar-refractivity contribution in [3.63, 3.8) is 0 Å². The topological polar surface area (TPSA) is 76.0 Å². The zero-order chi connectivity index (χ0) is 13.5. The number of rotatable bonds is 3. The molecule has 1 aromatic heterocycles. The highest BCUT2D eigenvalue weighted by Gasteiger charge is 2.31. The molecule has 1 aliphatic heterocycles. The minimum atomic E-state index is -3.30. The van der Waals surface area contributed by atoms with E-state index in [1.54, 1.807) is 7.05 Å². The third kappa shape index (κ3) is 2.07. The lowest BCUT2D eigenvalue weighted by Crippen LogP contribution is -2.27. The molecule has 0 aliphatic carbocycles. The summed E-state index contributed by atoms with van der Waals surface area (Å²) in [6.07, 6.45) is 2.17. The Labute approximate surface area is 108 Å². The highest BCUT2D eigenvalue weighted by atomic mass is 32.2. The maximum Gasteiger partial charge on any atom is 0.182 e. The number of aromatic nitrogens is 2. The molecule has 0 saturated carbocycles. The quantitative estimate of drug-likeness (QED) is 0.868. The lowest BCUT2D eigenvalue weighted by molar-refractivity contribution is 0.323. The molecular formula is C11H20N4O2S. The molecule has 0 spiro atoms. The van der Waals surface area contributed by atoms with Crippen LogP contribution in [0, 0.1) is 5.92 Å². The Bertz CT molecular complexity index is 548. The van der Waals surface area contributed by atoms with Crippen LogP contribution in [-0.2, 0) is 9.84 Å².